The molecule has 0 atom stereocenters. The van der Waals surface area contributed by atoms with Crippen molar-refractivity contribution in [3.8, 4) is 0 Å². The Labute approximate surface area is 137 Å². The third-order valence-electron chi connectivity index (χ3n) is 1.30. The van der Waals surface area contributed by atoms with E-state index in [1.807, 2.05) is 0 Å². The van der Waals surface area contributed by atoms with Crippen LogP contribution in [0.1, 0.15) is 12.8 Å². The van der Waals surface area contributed by atoms with Gasteiger partial charge in [-0.15, -0.1) is 0 Å². The molecule has 0 unspecified atom stereocenters. The summed E-state index contributed by atoms with van der Waals surface area (Å²) in [5, 5.41) is 19.5. The summed E-state index contributed by atoms with van der Waals surface area (Å²) in [7, 11) is 0. The summed E-state index contributed by atoms with van der Waals surface area (Å²) >= 11 is 0. The van der Waals surface area contributed by atoms with E-state index in [4.69, 9.17) is 0 Å². The van der Waals surface area contributed by atoms with Crippen molar-refractivity contribution in [3.05, 3.63) is 25.3 Å². The maximum Gasteiger partial charge on any atom is 2.00 e. The minimum atomic E-state index is -1.44. The topological polar surface area (TPSA) is 133 Å². The minimum Gasteiger partial charge on any atom is -0.550 e. The summed E-state index contributed by atoms with van der Waals surface area (Å²) in [5.74, 6) is -4.48. The molecule has 0 spiro atoms. The molecule has 0 aliphatic carbocycles. The molecule has 0 saturated carbocycles. The van der Waals surface area contributed by atoms with Gasteiger partial charge in [0, 0.05) is 0 Å². The average Bonchev–Trinajstić information content (AvgIpc) is 2.33. The number of esters is 2. The summed E-state index contributed by atoms with van der Waals surface area (Å²) in [6.45, 7) is 6.61. The maximum absolute atomic E-state index is 10.3. The van der Waals surface area contributed by atoms with E-state index >= 15 is 0 Å². The fourth-order valence-electron chi connectivity index (χ4n) is 0.642. The van der Waals surface area contributed by atoms with Crippen LogP contribution in [0.3, 0.4) is 0 Å². The van der Waals surface area contributed by atoms with Gasteiger partial charge in [0.15, 0.2) is 0 Å². The van der Waals surface area contributed by atoms with Gasteiger partial charge in [-0.1, -0.05) is 25.3 Å². The molecule has 112 valence electrons. The summed E-state index contributed by atoms with van der Waals surface area (Å²) < 4.78 is 8.65. The molecule has 0 N–H and O–H groups in total. The van der Waals surface area contributed by atoms with Crippen LogP contribution in [0.15, 0.2) is 25.3 Å². The van der Waals surface area contributed by atoms with E-state index in [-0.39, 0.29) is 36.3 Å². The molecule has 21 heavy (non-hydrogen) atoms. The number of hydrogen-bond donors (Lipinski definition) is 0. The van der Waals surface area contributed by atoms with Gasteiger partial charge in [0.1, 0.15) is 13.2 Å². The zero-order chi connectivity index (χ0) is 16.0. The first-order valence-electron chi connectivity index (χ1n) is 5.26. The summed E-state index contributed by atoms with van der Waals surface area (Å²) in [6, 6.07) is 0. The molecule has 0 aromatic rings. The molecule has 0 saturated heterocycles. The molecular formula is C12H14MgO8. The van der Waals surface area contributed by atoms with Crippen molar-refractivity contribution in [2.24, 2.45) is 0 Å². The van der Waals surface area contributed by atoms with Gasteiger partial charge in [-0.25, -0.2) is 0 Å². The van der Waals surface area contributed by atoms with Crippen LogP contribution in [-0.2, 0) is 28.7 Å². The van der Waals surface area contributed by atoms with Gasteiger partial charge < -0.3 is 29.3 Å². The molecule has 0 heterocycles. The molecular weight excluding hydrogens is 296 g/mol. The van der Waals surface area contributed by atoms with Crippen molar-refractivity contribution in [2.75, 3.05) is 13.2 Å². The molecule has 8 nitrogen and oxygen atoms in total. The Morgan fingerprint density at radius 1 is 0.810 bits per heavy atom. The second-order valence-corrected chi connectivity index (χ2v) is 3.04. The van der Waals surface area contributed by atoms with Crippen LogP contribution in [0.5, 0.6) is 0 Å². The minimum absolute atomic E-state index is 0. The van der Waals surface area contributed by atoms with Gasteiger partial charge in [-0.3, -0.25) is 9.59 Å². The van der Waals surface area contributed by atoms with Crippen molar-refractivity contribution in [1.82, 2.24) is 0 Å². The van der Waals surface area contributed by atoms with Crippen molar-refractivity contribution >= 4 is 46.9 Å². The van der Waals surface area contributed by atoms with Gasteiger partial charge >= 0.3 is 35.0 Å². The molecule has 0 aliphatic rings. The van der Waals surface area contributed by atoms with Crippen LogP contribution < -0.4 is 10.2 Å². The average molecular weight is 311 g/mol. The van der Waals surface area contributed by atoms with Gasteiger partial charge in [0.05, 0.1) is 24.8 Å². The van der Waals surface area contributed by atoms with E-state index in [1.165, 1.54) is 12.2 Å². The number of carbonyl (C=O) groups is 4. The normalized spacial score (nSPS) is 8.00. The van der Waals surface area contributed by atoms with E-state index in [2.05, 4.69) is 22.6 Å². The van der Waals surface area contributed by atoms with Gasteiger partial charge in [0.2, 0.25) is 0 Å². The van der Waals surface area contributed by atoms with Crippen LogP contribution in [0.4, 0.5) is 0 Å². The smallest absolute Gasteiger partial charge is 0.550 e. The van der Waals surface area contributed by atoms with Crippen LogP contribution in [0, 0.1) is 0 Å². The SMILES string of the molecule is C=CCOC(=O)CC(=O)[O-].C=CCOC(=O)CC(=O)[O-].[Mg+2]. The standard InChI is InChI=1S/2C6H8O4.Mg/c2*1-2-3-10-6(9)4-5(7)8;/h2*2H,1,3-4H2,(H,7,8);/q;;+2/p-2. The van der Waals surface area contributed by atoms with E-state index in [0.717, 1.165) is 0 Å². The van der Waals surface area contributed by atoms with Gasteiger partial charge in [-0.2, -0.15) is 0 Å². The number of hydrogen-bond acceptors (Lipinski definition) is 8. The molecule has 0 aromatic carbocycles. The maximum atomic E-state index is 10.3. The molecule has 0 bridgehead atoms. The first-order valence-corrected chi connectivity index (χ1v) is 5.26. The Hall–Kier alpha value is -1.87. The number of rotatable bonds is 8. The molecule has 0 amide bonds. The van der Waals surface area contributed by atoms with Gasteiger partial charge in [-0.05, 0) is 0 Å². The molecule has 9 heteroatoms. The predicted octanol–water partition coefficient (Wildman–Crippen LogP) is -2.67. The first-order chi connectivity index (χ1) is 9.33. The van der Waals surface area contributed by atoms with Crippen LogP contribution >= 0.6 is 0 Å². The molecule has 0 aromatic heterocycles. The molecule has 0 aliphatic heterocycles. The third kappa shape index (κ3) is 23.6. The van der Waals surface area contributed by atoms with E-state index in [0.29, 0.717) is 0 Å². The Morgan fingerprint density at radius 2 is 1.10 bits per heavy atom. The Bertz CT molecular complexity index is 341. The number of ether oxygens (including phenoxy) is 2. The van der Waals surface area contributed by atoms with E-state index in [9.17, 15) is 29.4 Å². The predicted molar refractivity (Wildman–Crippen MR) is 67.3 cm³/mol. The first kappa shape index (κ1) is 24.2. The molecule has 0 radical (unpaired) electrons. The molecule has 0 rings (SSSR count). The van der Waals surface area contributed by atoms with Gasteiger partial charge in [0.25, 0.3) is 0 Å². The summed E-state index contributed by atoms with van der Waals surface area (Å²) in [4.78, 5) is 40.1. The monoisotopic (exact) mass is 310 g/mol. The second-order valence-electron chi connectivity index (χ2n) is 3.04. The number of carboxylic acids is 2. The largest absolute Gasteiger partial charge is 2.00 e. The Morgan fingerprint density at radius 3 is 1.29 bits per heavy atom. The van der Waals surface area contributed by atoms with Crippen molar-refractivity contribution in [2.45, 2.75) is 12.8 Å². The van der Waals surface area contributed by atoms with Crippen molar-refractivity contribution in [3.63, 3.8) is 0 Å². The van der Waals surface area contributed by atoms with Crippen LogP contribution in [-0.4, -0.2) is 60.1 Å². The quantitative estimate of drug-likeness (QED) is 0.205. The molecule has 0 fully saturated rings. The fourth-order valence-corrected chi connectivity index (χ4v) is 0.642. The summed E-state index contributed by atoms with van der Waals surface area (Å²) in [5.41, 5.74) is 0. The number of aliphatic carboxylic acids is 2. The summed E-state index contributed by atoms with van der Waals surface area (Å²) in [6.07, 6.45) is 1.31. The second kappa shape index (κ2) is 16.2. The Kier molecular flexibility index (Phi) is 18.6. The Balaban J connectivity index is -0.000000295. The van der Waals surface area contributed by atoms with Crippen molar-refractivity contribution < 1.29 is 38.9 Å². The van der Waals surface area contributed by atoms with E-state index < -0.39 is 36.7 Å². The van der Waals surface area contributed by atoms with Crippen LogP contribution in [0.25, 0.3) is 0 Å². The van der Waals surface area contributed by atoms with Crippen molar-refractivity contribution in [1.29, 1.82) is 0 Å². The zero-order valence-corrected chi connectivity index (χ0v) is 12.8. The number of carbonyl (C=O) groups excluding carboxylic acids is 4. The zero-order valence-electron chi connectivity index (χ0n) is 11.4. The fraction of sp³-hybridized carbons (Fsp3) is 0.333. The van der Waals surface area contributed by atoms with Crippen LogP contribution in [0.2, 0.25) is 0 Å². The number of carboxylic acid groups (broad SMARTS) is 2. The van der Waals surface area contributed by atoms with E-state index in [1.54, 1.807) is 0 Å². The third-order valence-corrected chi connectivity index (χ3v) is 1.30.